The van der Waals surface area contributed by atoms with Gasteiger partial charge in [-0.1, -0.05) is 50.6 Å². The van der Waals surface area contributed by atoms with Crippen molar-refractivity contribution in [3.05, 3.63) is 35.4 Å². The van der Waals surface area contributed by atoms with Gasteiger partial charge in [0.15, 0.2) is 0 Å². The van der Waals surface area contributed by atoms with Gasteiger partial charge in [0.05, 0.1) is 6.10 Å². The first-order chi connectivity index (χ1) is 9.08. The molecule has 2 heteroatoms. The summed E-state index contributed by atoms with van der Waals surface area (Å²) in [4.78, 5) is 0. The Morgan fingerprint density at radius 1 is 1.16 bits per heavy atom. The molecule has 0 aliphatic rings. The molecule has 2 atom stereocenters. The van der Waals surface area contributed by atoms with Crippen LogP contribution in [-0.2, 0) is 11.2 Å². The summed E-state index contributed by atoms with van der Waals surface area (Å²) in [6, 6.07) is 9.20. The standard InChI is InChI=1S/C17H29NO/c1-6-11-18-16(17(19-5)13(2)3)12-15-9-7-14(4)8-10-15/h7-10,13,16-18H,6,11-12H2,1-5H3. The van der Waals surface area contributed by atoms with Gasteiger partial charge in [0.2, 0.25) is 0 Å². The summed E-state index contributed by atoms with van der Waals surface area (Å²) in [5.41, 5.74) is 2.69. The van der Waals surface area contributed by atoms with Crippen LogP contribution in [0, 0.1) is 12.8 Å². The van der Waals surface area contributed by atoms with Crippen molar-refractivity contribution in [2.24, 2.45) is 5.92 Å². The smallest absolute Gasteiger partial charge is 0.0750 e. The van der Waals surface area contributed by atoms with Gasteiger partial charge in [-0.2, -0.15) is 0 Å². The molecule has 0 heterocycles. The van der Waals surface area contributed by atoms with Crippen molar-refractivity contribution in [1.82, 2.24) is 5.32 Å². The third-order valence-electron chi connectivity index (χ3n) is 3.56. The molecule has 0 saturated carbocycles. The summed E-state index contributed by atoms with van der Waals surface area (Å²) < 4.78 is 5.70. The maximum Gasteiger partial charge on any atom is 0.0750 e. The molecule has 0 aliphatic heterocycles. The summed E-state index contributed by atoms with van der Waals surface area (Å²) >= 11 is 0. The van der Waals surface area contributed by atoms with E-state index in [-0.39, 0.29) is 6.10 Å². The van der Waals surface area contributed by atoms with Crippen molar-refractivity contribution >= 4 is 0 Å². The fourth-order valence-corrected chi connectivity index (χ4v) is 2.51. The second-order valence-corrected chi connectivity index (χ2v) is 5.69. The van der Waals surface area contributed by atoms with Gasteiger partial charge >= 0.3 is 0 Å². The van der Waals surface area contributed by atoms with Crippen molar-refractivity contribution in [1.29, 1.82) is 0 Å². The molecule has 1 aromatic carbocycles. The van der Waals surface area contributed by atoms with Gasteiger partial charge in [-0.05, 0) is 37.8 Å². The minimum atomic E-state index is 0.257. The summed E-state index contributed by atoms with van der Waals surface area (Å²) in [6.07, 6.45) is 2.43. The van der Waals surface area contributed by atoms with E-state index in [1.54, 1.807) is 0 Å². The first-order valence-electron chi connectivity index (χ1n) is 7.40. The number of benzene rings is 1. The molecule has 0 radical (unpaired) electrons. The molecule has 2 unspecified atom stereocenters. The minimum absolute atomic E-state index is 0.257. The number of methoxy groups -OCH3 is 1. The zero-order valence-electron chi connectivity index (χ0n) is 13.1. The monoisotopic (exact) mass is 263 g/mol. The molecule has 108 valence electrons. The second kappa shape index (κ2) is 8.34. The molecule has 0 bridgehead atoms. The zero-order chi connectivity index (χ0) is 14.3. The molecule has 1 rings (SSSR count). The Balaban J connectivity index is 2.75. The van der Waals surface area contributed by atoms with E-state index in [1.807, 2.05) is 7.11 Å². The Kier molecular flexibility index (Phi) is 7.11. The highest BCUT2D eigenvalue weighted by molar-refractivity contribution is 5.22. The third kappa shape index (κ3) is 5.33. The molecule has 0 aliphatic carbocycles. The highest BCUT2D eigenvalue weighted by Gasteiger charge is 2.23. The first kappa shape index (κ1) is 16.2. The van der Waals surface area contributed by atoms with Gasteiger partial charge in [-0.15, -0.1) is 0 Å². The number of hydrogen-bond acceptors (Lipinski definition) is 2. The van der Waals surface area contributed by atoms with E-state index in [1.165, 1.54) is 11.1 Å². The Morgan fingerprint density at radius 3 is 2.26 bits per heavy atom. The van der Waals surface area contributed by atoms with Crippen LogP contribution in [0.3, 0.4) is 0 Å². The van der Waals surface area contributed by atoms with Crippen LogP contribution in [0.2, 0.25) is 0 Å². The Bertz CT molecular complexity index is 345. The van der Waals surface area contributed by atoms with E-state index in [9.17, 15) is 0 Å². The molecular formula is C17H29NO. The SMILES string of the molecule is CCCNC(Cc1ccc(C)cc1)C(OC)C(C)C. The molecule has 0 amide bonds. The van der Waals surface area contributed by atoms with E-state index in [0.717, 1.165) is 19.4 Å². The molecule has 1 aromatic rings. The van der Waals surface area contributed by atoms with Gasteiger partial charge in [-0.25, -0.2) is 0 Å². The lowest BCUT2D eigenvalue weighted by Crippen LogP contribution is -2.45. The fraction of sp³-hybridized carbons (Fsp3) is 0.647. The largest absolute Gasteiger partial charge is 0.380 e. The molecule has 1 N–H and O–H groups in total. The lowest BCUT2D eigenvalue weighted by Gasteiger charge is -2.30. The van der Waals surface area contributed by atoms with E-state index in [0.29, 0.717) is 12.0 Å². The van der Waals surface area contributed by atoms with Crippen LogP contribution in [0.5, 0.6) is 0 Å². The maximum atomic E-state index is 5.70. The Hall–Kier alpha value is -0.860. The summed E-state index contributed by atoms with van der Waals surface area (Å²) in [5.74, 6) is 0.518. The number of rotatable bonds is 8. The molecule has 0 fully saturated rings. The van der Waals surface area contributed by atoms with E-state index in [4.69, 9.17) is 4.74 Å². The Morgan fingerprint density at radius 2 is 1.79 bits per heavy atom. The average molecular weight is 263 g/mol. The van der Waals surface area contributed by atoms with Crippen molar-refractivity contribution in [2.45, 2.75) is 52.7 Å². The van der Waals surface area contributed by atoms with Crippen LogP contribution in [0.4, 0.5) is 0 Å². The van der Waals surface area contributed by atoms with E-state index >= 15 is 0 Å². The van der Waals surface area contributed by atoms with Crippen LogP contribution < -0.4 is 5.32 Å². The van der Waals surface area contributed by atoms with Crippen LogP contribution in [0.1, 0.15) is 38.3 Å². The third-order valence-corrected chi connectivity index (χ3v) is 3.56. The molecule has 0 spiro atoms. The molecule has 19 heavy (non-hydrogen) atoms. The van der Waals surface area contributed by atoms with Crippen molar-refractivity contribution < 1.29 is 4.74 Å². The normalized spacial score (nSPS) is 14.6. The summed E-state index contributed by atoms with van der Waals surface area (Å²) in [6.45, 7) is 9.83. The van der Waals surface area contributed by atoms with Gasteiger partial charge in [0.1, 0.15) is 0 Å². The highest BCUT2D eigenvalue weighted by Crippen LogP contribution is 2.15. The first-order valence-corrected chi connectivity index (χ1v) is 7.40. The minimum Gasteiger partial charge on any atom is -0.380 e. The lowest BCUT2D eigenvalue weighted by molar-refractivity contribution is 0.0332. The van der Waals surface area contributed by atoms with Crippen molar-refractivity contribution in [3.63, 3.8) is 0 Å². The Labute approximate surface area is 118 Å². The number of nitrogens with one attached hydrogen (secondary N) is 1. The van der Waals surface area contributed by atoms with Crippen LogP contribution in [0.15, 0.2) is 24.3 Å². The predicted octanol–water partition coefficient (Wildman–Crippen LogP) is 3.58. The zero-order valence-corrected chi connectivity index (χ0v) is 13.1. The van der Waals surface area contributed by atoms with E-state index < -0.39 is 0 Å². The van der Waals surface area contributed by atoms with Crippen LogP contribution >= 0.6 is 0 Å². The van der Waals surface area contributed by atoms with E-state index in [2.05, 4.69) is 57.3 Å². The second-order valence-electron chi connectivity index (χ2n) is 5.69. The number of hydrogen-bond donors (Lipinski definition) is 1. The van der Waals surface area contributed by atoms with Gasteiger partial charge < -0.3 is 10.1 Å². The van der Waals surface area contributed by atoms with Crippen molar-refractivity contribution in [3.8, 4) is 0 Å². The molecule has 0 aromatic heterocycles. The molecular weight excluding hydrogens is 234 g/mol. The molecule has 2 nitrogen and oxygen atoms in total. The maximum absolute atomic E-state index is 5.70. The van der Waals surface area contributed by atoms with Crippen LogP contribution in [-0.4, -0.2) is 25.8 Å². The van der Waals surface area contributed by atoms with Gasteiger partial charge in [0, 0.05) is 13.2 Å². The summed E-state index contributed by atoms with van der Waals surface area (Å²) in [5, 5.41) is 3.64. The lowest BCUT2D eigenvalue weighted by atomic mass is 9.93. The quantitative estimate of drug-likeness (QED) is 0.774. The topological polar surface area (TPSA) is 21.3 Å². The number of aryl methyl sites for hydroxylation is 1. The van der Waals surface area contributed by atoms with Crippen molar-refractivity contribution in [2.75, 3.05) is 13.7 Å². The number of ether oxygens (including phenoxy) is 1. The predicted molar refractivity (Wildman–Crippen MR) is 82.6 cm³/mol. The fourth-order valence-electron chi connectivity index (χ4n) is 2.51. The van der Waals surface area contributed by atoms with Gasteiger partial charge in [-0.3, -0.25) is 0 Å². The summed E-state index contributed by atoms with van der Waals surface area (Å²) in [7, 11) is 1.82. The van der Waals surface area contributed by atoms with Gasteiger partial charge in [0.25, 0.3) is 0 Å². The molecule has 0 saturated heterocycles. The highest BCUT2D eigenvalue weighted by atomic mass is 16.5. The average Bonchev–Trinajstić information content (AvgIpc) is 2.38. The van der Waals surface area contributed by atoms with Crippen LogP contribution in [0.25, 0.3) is 0 Å².